The molecule has 0 unspecified atom stereocenters. The fraction of sp³-hybridized carbons (Fsp3) is 0.560. The Labute approximate surface area is 194 Å². The Morgan fingerprint density at radius 3 is 2.73 bits per heavy atom. The van der Waals surface area contributed by atoms with Crippen molar-refractivity contribution in [2.45, 2.75) is 65.5 Å². The summed E-state index contributed by atoms with van der Waals surface area (Å²) in [6.07, 6.45) is 6.57. The Kier molecular flexibility index (Phi) is 7.52. The Bertz CT molecular complexity index is 965. The second kappa shape index (κ2) is 10.7. The maximum absolute atomic E-state index is 12.9. The number of ether oxygens (including phenoxy) is 2. The summed E-state index contributed by atoms with van der Waals surface area (Å²) in [5, 5.41) is 6.76. The largest absolute Gasteiger partial charge is 0.454 e. The summed E-state index contributed by atoms with van der Waals surface area (Å²) < 4.78 is 16.1. The van der Waals surface area contributed by atoms with Gasteiger partial charge >= 0.3 is 0 Å². The van der Waals surface area contributed by atoms with Gasteiger partial charge in [-0.2, -0.15) is 0 Å². The zero-order chi connectivity index (χ0) is 23.2. The molecule has 8 nitrogen and oxygen atoms in total. The number of benzene rings is 1. The molecule has 0 radical (unpaired) electrons. The van der Waals surface area contributed by atoms with E-state index in [1.807, 2.05) is 23.1 Å². The van der Waals surface area contributed by atoms with Crippen molar-refractivity contribution in [2.75, 3.05) is 13.3 Å². The number of carbonyl (C=O) groups excluding carboxylic acids is 2. The topological polar surface area (TPSA) is 93.9 Å². The van der Waals surface area contributed by atoms with Gasteiger partial charge in [-0.3, -0.25) is 9.59 Å². The number of nitrogens with one attached hydrogen (secondary N) is 1. The van der Waals surface area contributed by atoms with Crippen LogP contribution in [0.2, 0.25) is 0 Å². The number of rotatable bonds is 10. The monoisotopic (exact) mass is 455 g/mol. The molecule has 1 N–H and O–H groups in total. The third-order valence-electron chi connectivity index (χ3n) is 6.21. The lowest BCUT2D eigenvalue weighted by atomic mass is 10.0. The molecule has 1 aliphatic carbocycles. The van der Waals surface area contributed by atoms with Gasteiger partial charge in [-0.25, -0.2) is 0 Å². The second-order valence-electron chi connectivity index (χ2n) is 9.41. The molecule has 8 heteroatoms. The highest BCUT2D eigenvalue weighted by Gasteiger charge is 2.22. The van der Waals surface area contributed by atoms with Crippen molar-refractivity contribution in [1.82, 2.24) is 15.4 Å². The lowest BCUT2D eigenvalue weighted by Crippen LogP contribution is -2.33. The van der Waals surface area contributed by atoms with Crippen LogP contribution in [0, 0.1) is 11.8 Å². The number of fused-ring (bicyclic) bond motifs is 1. The quantitative estimate of drug-likeness (QED) is 0.574. The van der Waals surface area contributed by atoms with Crippen LogP contribution in [0.3, 0.4) is 0 Å². The van der Waals surface area contributed by atoms with Crippen molar-refractivity contribution in [1.29, 1.82) is 0 Å². The Morgan fingerprint density at radius 1 is 1.15 bits per heavy atom. The second-order valence-corrected chi connectivity index (χ2v) is 9.41. The Morgan fingerprint density at radius 2 is 1.94 bits per heavy atom. The summed E-state index contributed by atoms with van der Waals surface area (Å²) in [5.74, 6) is 2.72. The molecular formula is C25H33N3O5. The van der Waals surface area contributed by atoms with Crippen molar-refractivity contribution in [3.63, 3.8) is 0 Å². The highest BCUT2D eigenvalue weighted by molar-refractivity contribution is 5.92. The van der Waals surface area contributed by atoms with E-state index in [-0.39, 0.29) is 24.3 Å². The molecule has 1 aromatic heterocycles. The maximum atomic E-state index is 12.9. The molecule has 1 aliphatic heterocycles. The molecule has 0 atom stereocenters. The maximum Gasteiger partial charge on any atom is 0.273 e. The predicted octanol–water partition coefficient (Wildman–Crippen LogP) is 4.29. The normalized spacial score (nSPS) is 15.2. The summed E-state index contributed by atoms with van der Waals surface area (Å²) in [6, 6.07) is 7.17. The molecule has 2 heterocycles. The van der Waals surface area contributed by atoms with Gasteiger partial charge in [0.1, 0.15) is 0 Å². The smallest absolute Gasteiger partial charge is 0.273 e. The van der Waals surface area contributed by atoms with Crippen LogP contribution in [0.4, 0.5) is 0 Å². The Balaban J connectivity index is 1.31. The fourth-order valence-electron chi connectivity index (χ4n) is 4.49. The third-order valence-corrected chi connectivity index (χ3v) is 6.21. The predicted molar refractivity (Wildman–Crippen MR) is 122 cm³/mol. The van der Waals surface area contributed by atoms with Gasteiger partial charge in [0.05, 0.1) is 6.54 Å². The molecule has 0 spiro atoms. The van der Waals surface area contributed by atoms with Gasteiger partial charge in [0.15, 0.2) is 23.0 Å². The minimum Gasteiger partial charge on any atom is -0.454 e. The minimum absolute atomic E-state index is 0.140. The number of amides is 2. The molecule has 0 bridgehead atoms. The first-order valence-electron chi connectivity index (χ1n) is 11.9. The van der Waals surface area contributed by atoms with Crippen molar-refractivity contribution >= 4 is 11.8 Å². The summed E-state index contributed by atoms with van der Waals surface area (Å²) in [6.45, 7) is 5.69. The summed E-state index contributed by atoms with van der Waals surface area (Å²) in [7, 11) is 0. The van der Waals surface area contributed by atoms with E-state index in [1.165, 1.54) is 25.7 Å². The molecule has 1 aromatic carbocycles. The van der Waals surface area contributed by atoms with Crippen LogP contribution in [0.25, 0.3) is 0 Å². The van der Waals surface area contributed by atoms with Gasteiger partial charge < -0.3 is 24.2 Å². The van der Waals surface area contributed by atoms with E-state index in [9.17, 15) is 9.59 Å². The average molecular weight is 456 g/mol. The number of hydrogen-bond acceptors (Lipinski definition) is 6. The zero-order valence-electron chi connectivity index (χ0n) is 19.5. The van der Waals surface area contributed by atoms with Crippen molar-refractivity contribution in [3.8, 4) is 11.5 Å². The first kappa shape index (κ1) is 23.1. The van der Waals surface area contributed by atoms with Crippen molar-refractivity contribution in [2.24, 2.45) is 11.8 Å². The number of carbonyl (C=O) groups is 2. The van der Waals surface area contributed by atoms with Gasteiger partial charge in [-0.05, 0) is 36.0 Å². The lowest BCUT2D eigenvalue weighted by Gasteiger charge is -2.24. The lowest BCUT2D eigenvalue weighted by molar-refractivity contribution is -0.133. The van der Waals surface area contributed by atoms with E-state index < -0.39 is 0 Å². The number of aromatic nitrogens is 1. The molecule has 2 amide bonds. The van der Waals surface area contributed by atoms with Gasteiger partial charge in [0.2, 0.25) is 12.7 Å². The summed E-state index contributed by atoms with van der Waals surface area (Å²) in [4.78, 5) is 27.3. The Hall–Kier alpha value is -3.03. The van der Waals surface area contributed by atoms with Crippen molar-refractivity contribution < 1.29 is 23.6 Å². The average Bonchev–Trinajstić information content (AvgIpc) is 3.56. The van der Waals surface area contributed by atoms with E-state index in [4.69, 9.17) is 14.0 Å². The van der Waals surface area contributed by atoms with Crippen LogP contribution in [0.5, 0.6) is 11.5 Å². The number of hydrogen-bond donors (Lipinski definition) is 1. The SMILES string of the molecule is CC(C)CN(Cc1cc(C(=O)NCc2ccc3c(c2)OCO3)no1)C(=O)CCC1CCCC1. The van der Waals surface area contributed by atoms with Crippen molar-refractivity contribution in [3.05, 3.63) is 41.3 Å². The third kappa shape index (κ3) is 6.27. The first-order valence-corrected chi connectivity index (χ1v) is 11.9. The highest BCUT2D eigenvalue weighted by atomic mass is 16.7. The van der Waals surface area contributed by atoms with E-state index in [2.05, 4.69) is 24.3 Å². The molecule has 4 rings (SSSR count). The molecule has 2 aromatic rings. The first-order chi connectivity index (χ1) is 16.0. The minimum atomic E-state index is -0.328. The molecule has 1 fully saturated rings. The molecular weight excluding hydrogens is 422 g/mol. The van der Waals surface area contributed by atoms with Crippen LogP contribution < -0.4 is 14.8 Å². The summed E-state index contributed by atoms with van der Waals surface area (Å²) in [5.41, 5.74) is 1.10. The van der Waals surface area contributed by atoms with Crippen LogP contribution in [0.15, 0.2) is 28.8 Å². The van der Waals surface area contributed by atoms with Gasteiger partial charge in [-0.1, -0.05) is 50.8 Å². The van der Waals surface area contributed by atoms with Crippen LogP contribution >= 0.6 is 0 Å². The van der Waals surface area contributed by atoms with Gasteiger partial charge in [0, 0.05) is 25.6 Å². The van der Waals surface area contributed by atoms with Crippen LogP contribution in [0.1, 0.15) is 74.2 Å². The molecule has 178 valence electrons. The standard InChI is InChI=1S/C25H33N3O5/c1-17(2)14-28(24(29)10-8-18-5-3-4-6-18)15-20-12-21(27-33-20)25(30)26-13-19-7-9-22-23(11-19)32-16-31-22/h7,9,11-12,17-18H,3-6,8,10,13-16H2,1-2H3,(H,26,30). The molecule has 1 saturated carbocycles. The molecule has 33 heavy (non-hydrogen) atoms. The van der Waals surface area contributed by atoms with E-state index in [0.717, 1.165) is 12.0 Å². The summed E-state index contributed by atoms with van der Waals surface area (Å²) >= 11 is 0. The zero-order valence-corrected chi connectivity index (χ0v) is 19.5. The number of nitrogens with zero attached hydrogens (tertiary/aromatic N) is 2. The highest BCUT2D eigenvalue weighted by Crippen LogP contribution is 2.32. The molecule has 0 saturated heterocycles. The van der Waals surface area contributed by atoms with Crippen LogP contribution in [-0.4, -0.2) is 35.2 Å². The van der Waals surface area contributed by atoms with Crippen LogP contribution in [-0.2, 0) is 17.9 Å². The molecule has 2 aliphatic rings. The fourth-order valence-corrected chi connectivity index (χ4v) is 4.49. The van der Waals surface area contributed by atoms with Gasteiger partial charge in [0.25, 0.3) is 5.91 Å². The van der Waals surface area contributed by atoms with Gasteiger partial charge in [-0.15, -0.1) is 0 Å². The van der Waals surface area contributed by atoms with E-state index in [0.29, 0.717) is 55.2 Å². The van der Waals surface area contributed by atoms with E-state index in [1.54, 1.807) is 6.07 Å². The van der Waals surface area contributed by atoms with E-state index >= 15 is 0 Å².